The summed E-state index contributed by atoms with van der Waals surface area (Å²) in [5.74, 6) is 1.65. The molecular weight excluding hydrogens is 334 g/mol. The van der Waals surface area contributed by atoms with Gasteiger partial charge in [-0.05, 0) is 49.4 Å². The number of Topliss-reactive ketones (excluding diaryl/α,β-unsaturated/α-hetero) is 1. The Morgan fingerprint density at radius 3 is 2.70 bits per heavy atom. The number of carbonyl (C=O) groups excluding carboxylic acids is 1. The van der Waals surface area contributed by atoms with Gasteiger partial charge in [0, 0.05) is 35.7 Å². The SMILES string of the molecule is Cn1nc(C(C)(C)C)cc1CC(=O)c1cccc(C2CC2NCC2CC2)c1. The summed E-state index contributed by atoms with van der Waals surface area (Å²) in [6.45, 7) is 7.60. The summed E-state index contributed by atoms with van der Waals surface area (Å²) in [6.07, 6.45) is 4.37. The Morgan fingerprint density at radius 2 is 2.04 bits per heavy atom. The Labute approximate surface area is 162 Å². The summed E-state index contributed by atoms with van der Waals surface area (Å²) in [5, 5.41) is 8.27. The number of hydrogen-bond acceptors (Lipinski definition) is 3. The van der Waals surface area contributed by atoms with Gasteiger partial charge in [0.15, 0.2) is 5.78 Å². The molecule has 0 radical (unpaired) electrons. The Balaban J connectivity index is 1.41. The van der Waals surface area contributed by atoms with Crippen molar-refractivity contribution in [2.45, 2.75) is 63.8 Å². The van der Waals surface area contributed by atoms with Crippen molar-refractivity contribution in [1.29, 1.82) is 0 Å². The molecule has 0 bridgehead atoms. The van der Waals surface area contributed by atoms with Crippen molar-refractivity contribution >= 4 is 5.78 Å². The van der Waals surface area contributed by atoms with Gasteiger partial charge in [-0.25, -0.2) is 0 Å². The van der Waals surface area contributed by atoms with E-state index in [2.05, 4.69) is 49.4 Å². The van der Waals surface area contributed by atoms with Crippen LogP contribution in [0.4, 0.5) is 0 Å². The largest absolute Gasteiger partial charge is 0.313 e. The molecule has 1 aromatic heterocycles. The minimum absolute atomic E-state index is 0.00652. The van der Waals surface area contributed by atoms with Crippen LogP contribution in [0.25, 0.3) is 0 Å². The van der Waals surface area contributed by atoms with E-state index >= 15 is 0 Å². The molecule has 2 aliphatic rings. The standard InChI is InChI=1S/C23H31N3O/c1-23(2,3)22-12-18(26(4)25-22)11-21(27)17-7-5-6-16(10-17)19-13-20(19)24-14-15-8-9-15/h5-7,10,12,15,19-20,24H,8-9,11,13-14H2,1-4H3. The van der Waals surface area contributed by atoms with Crippen LogP contribution in [0.5, 0.6) is 0 Å². The zero-order valence-electron chi connectivity index (χ0n) is 17.0. The van der Waals surface area contributed by atoms with E-state index in [1.165, 1.54) is 24.8 Å². The Hall–Kier alpha value is -1.94. The van der Waals surface area contributed by atoms with Crippen molar-refractivity contribution in [2.75, 3.05) is 6.54 Å². The first-order valence-corrected chi connectivity index (χ1v) is 10.2. The highest BCUT2D eigenvalue weighted by Gasteiger charge is 2.39. The lowest BCUT2D eigenvalue weighted by Gasteiger charge is -2.13. The molecule has 4 heteroatoms. The van der Waals surface area contributed by atoms with E-state index in [-0.39, 0.29) is 11.2 Å². The topological polar surface area (TPSA) is 46.9 Å². The van der Waals surface area contributed by atoms with Gasteiger partial charge in [0.2, 0.25) is 0 Å². The number of ketones is 1. The van der Waals surface area contributed by atoms with Crippen LogP contribution < -0.4 is 5.32 Å². The summed E-state index contributed by atoms with van der Waals surface area (Å²) in [5.41, 5.74) is 4.12. The lowest BCUT2D eigenvalue weighted by Crippen LogP contribution is -2.20. The number of nitrogens with zero attached hydrogens (tertiary/aromatic N) is 2. The van der Waals surface area contributed by atoms with Gasteiger partial charge in [-0.2, -0.15) is 5.10 Å². The van der Waals surface area contributed by atoms with Crippen LogP contribution >= 0.6 is 0 Å². The molecule has 2 fully saturated rings. The molecular formula is C23H31N3O. The van der Waals surface area contributed by atoms with Gasteiger partial charge in [-0.15, -0.1) is 0 Å². The highest BCUT2D eigenvalue weighted by molar-refractivity contribution is 5.97. The van der Waals surface area contributed by atoms with E-state index in [9.17, 15) is 4.79 Å². The number of rotatable bonds is 7. The smallest absolute Gasteiger partial charge is 0.168 e. The van der Waals surface area contributed by atoms with Gasteiger partial charge >= 0.3 is 0 Å². The number of benzene rings is 1. The number of nitrogens with one attached hydrogen (secondary N) is 1. The predicted molar refractivity (Wildman–Crippen MR) is 108 cm³/mol. The van der Waals surface area contributed by atoms with Gasteiger partial charge in [0.25, 0.3) is 0 Å². The first-order valence-electron chi connectivity index (χ1n) is 10.2. The molecule has 0 spiro atoms. The molecule has 4 rings (SSSR count). The minimum atomic E-state index is -0.00652. The number of aryl methyl sites for hydroxylation is 1. The maximum absolute atomic E-state index is 12.9. The molecule has 1 heterocycles. The molecule has 2 saturated carbocycles. The van der Waals surface area contributed by atoms with Gasteiger partial charge < -0.3 is 5.32 Å². The van der Waals surface area contributed by atoms with Gasteiger partial charge in [-0.1, -0.05) is 39.0 Å². The molecule has 1 aromatic carbocycles. The molecule has 2 unspecified atom stereocenters. The Morgan fingerprint density at radius 1 is 1.26 bits per heavy atom. The Kier molecular flexibility index (Phi) is 4.71. The maximum Gasteiger partial charge on any atom is 0.168 e. The van der Waals surface area contributed by atoms with Crippen LogP contribution in [0.15, 0.2) is 30.3 Å². The molecule has 2 aromatic rings. The summed E-state index contributed by atoms with van der Waals surface area (Å²) in [7, 11) is 1.93. The van der Waals surface area contributed by atoms with Crippen LogP contribution in [0.3, 0.4) is 0 Å². The zero-order chi connectivity index (χ0) is 19.2. The third-order valence-corrected chi connectivity index (χ3v) is 5.88. The molecule has 0 aliphatic heterocycles. The van der Waals surface area contributed by atoms with E-state index in [1.54, 1.807) is 0 Å². The first-order chi connectivity index (χ1) is 12.8. The van der Waals surface area contributed by atoms with Crippen LogP contribution in [0, 0.1) is 5.92 Å². The second-order valence-corrected chi connectivity index (χ2v) is 9.42. The average molecular weight is 366 g/mol. The Bertz CT molecular complexity index is 842. The van der Waals surface area contributed by atoms with Crippen LogP contribution in [-0.2, 0) is 18.9 Å². The van der Waals surface area contributed by atoms with Crippen molar-refractivity contribution < 1.29 is 4.79 Å². The third-order valence-electron chi connectivity index (χ3n) is 5.88. The maximum atomic E-state index is 12.9. The number of carbonyl (C=O) groups is 1. The van der Waals surface area contributed by atoms with Crippen molar-refractivity contribution in [2.24, 2.45) is 13.0 Å². The molecule has 0 amide bonds. The van der Waals surface area contributed by atoms with Crippen molar-refractivity contribution in [3.63, 3.8) is 0 Å². The zero-order valence-corrected chi connectivity index (χ0v) is 17.0. The van der Waals surface area contributed by atoms with Gasteiger partial charge in [0.05, 0.1) is 12.1 Å². The third kappa shape index (κ3) is 4.32. The van der Waals surface area contributed by atoms with Crippen molar-refractivity contribution in [3.05, 3.63) is 52.8 Å². The number of aromatic nitrogens is 2. The highest BCUT2D eigenvalue weighted by atomic mass is 16.1. The first kappa shape index (κ1) is 18.4. The van der Waals surface area contributed by atoms with E-state index in [0.29, 0.717) is 18.4 Å². The lowest BCUT2D eigenvalue weighted by atomic mass is 9.92. The molecule has 27 heavy (non-hydrogen) atoms. The molecule has 144 valence electrons. The van der Waals surface area contributed by atoms with E-state index in [0.717, 1.165) is 29.4 Å². The van der Waals surface area contributed by atoms with Gasteiger partial charge in [0.1, 0.15) is 0 Å². The summed E-state index contributed by atoms with van der Waals surface area (Å²) < 4.78 is 1.85. The second-order valence-electron chi connectivity index (χ2n) is 9.42. The fraction of sp³-hybridized carbons (Fsp3) is 0.565. The molecule has 0 saturated heterocycles. The van der Waals surface area contributed by atoms with Crippen LogP contribution in [0.2, 0.25) is 0 Å². The summed E-state index contributed by atoms with van der Waals surface area (Å²) >= 11 is 0. The van der Waals surface area contributed by atoms with E-state index in [4.69, 9.17) is 0 Å². The number of hydrogen-bond donors (Lipinski definition) is 1. The fourth-order valence-corrected chi connectivity index (χ4v) is 3.68. The monoisotopic (exact) mass is 365 g/mol. The average Bonchev–Trinajstić information content (AvgIpc) is 3.52. The quantitative estimate of drug-likeness (QED) is 0.755. The molecule has 1 N–H and O–H groups in total. The second kappa shape index (κ2) is 6.90. The van der Waals surface area contributed by atoms with Crippen molar-refractivity contribution in [3.8, 4) is 0 Å². The molecule has 4 nitrogen and oxygen atoms in total. The normalized spacial score (nSPS) is 22.1. The van der Waals surface area contributed by atoms with E-state index < -0.39 is 0 Å². The van der Waals surface area contributed by atoms with E-state index in [1.807, 2.05) is 23.9 Å². The van der Waals surface area contributed by atoms with Gasteiger partial charge in [-0.3, -0.25) is 9.48 Å². The van der Waals surface area contributed by atoms with Crippen LogP contribution in [0.1, 0.15) is 73.3 Å². The molecule has 2 aliphatic carbocycles. The summed E-state index contributed by atoms with van der Waals surface area (Å²) in [4.78, 5) is 12.9. The minimum Gasteiger partial charge on any atom is -0.313 e. The fourth-order valence-electron chi connectivity index (χ4n) is 3.68. The predicted octanol–water partition coefficient (Wildman–Crippen LogP) is 4.00. The highest BCUT2D eigenvalue weighted by Crippen LogP contribution is 2.42. The van der Waals surface area contributed by atoms with Crippen LogP contribution in [-0.4, -0.2) is 28.2 Å². The van der Waals surface area contributed by atoms with Crippen molar-refractivity contribution in [1.82, 2.24) is 15.1 Å². The molecule has 2 atom stereocenters. The summed E-state index contributed by atoms with van der Waals surface area (Å²) in [6, 6.07) is 10.9. The lowest BCUT2D eigenvalue weighted by molar-refractivity contribution is 0.0990.